The second-order valence-electron chi connectivity index (χ2n) is 24.3. The number of ketones is 1. The second kappa shape index (κ2) is 27.4. The minimum absolute atomic E-state index is 0.0481. The standard InChI is InChI=1S/C64H73ClN9O13PS/c1-34(36-17-20-39(21-18-36)56-35(2)67-33-89-56)68-59(80)49-31-44(75)32-73(49)62(83)57(64(3,4)5)72-53(78)16-8-6-7-11-37-12-10-15-46(54(37)65)70-58(79)47(25-26-52(66)77)71-60(81)50-29-40-14-9-13-38-19-22-41(61(82)74(50)55(38)40)30-51(76)48-28-43-27-42(23-24-45(43)69-48)63(84)88(85,86)87/h9-10,12-15,17-18,20-21,23-24,27-28,33-34,41,44,47,49-50,57,69,75H,6-8,11,16,19,22,25-26,29-32H2,1-5H3,(H2,66,77)(H,68,80)(H,70,79)(H,71,81)(H,72,78)(H2,85,86,87)/t34-,41+,44+,47-,49-,50-,57+/m0/s1. The van der Waals surface area contributed by atoms with E-state index in [9.17, 15) is 62.6 Å². The average Bonchev–Trinajstić information content (AvgIpc) is 1.63. The van der Waals surface area contributed by atoms with E-state index in [0.717, 1.165) is 32.8 Å². The first-order chi connectivity index (χ1) is 42.2. The smallest absolute Gasteiger partial charge is 0.391 e. The lowest BCUT2D eigenvalue weighted by Crippen LogP contribution is -2.57. The van der Waals surface area contributed by atoms with Gasteiger partial charge in [0.1, 0.15) is 24.2 Å². The third kappa shape index (κ3) is 15.2. The fourth-order valence-corrected chi connectivity index (χ4v) is 13.5. The van der Waals surface area contributed by atoms with Crippen LogP contribution in [0, 0.1) is 18.3 Å². The highest BCUT2D eigenvalue weighted by molar-refractivity contribution is 7.70. The lowest BCUT2D eigenvalue weighted by Gasteiger charge is -2.35. The van der Waals surface area contributed by atoms with Gasteiger partial charge in [0.05, 0.1) is 50.3 Å². The summed E-state index contributed by atoms with van der Waals surface area (Å²) in [5.41, 5.74) is 11.3. The van der Waals surface area contributed by atoms with Crippen molar-refractivity contribution in [3.63, 3.8) is 0 Å². The normalized spacial score (nSPS) is 18.4. The molecule has 1 saturated heterocycles. The maximum Gasteiger partial charge on any atom is 0.396 e. The number of H-pyrrole nitrogens is 1. The molecule has 6 aromatic rings. The molecule has 7 amide bonds. The van der Waals surface area contributed by atoms with Gasteiger partial charge in [-0.05, 0) is 116 Å². The zero-order valence-corrected chi connectivity index (χ0v) is 52.4. The van der Waals surface area contributed by atoms with E-state index in [4.69, 9.17) is 17.3 Å². The van der Waals surface area contributed by atoms with Crippen LogP contribution in [0.25, 0.3) is 21.3 Å². The van der Waals surface area contributed by atoms with E-state index in [1.165, 1.54) is 34.1 Å². The summed E-state index contributed by atoms with van der Waals surface area (Å²) in [6, 6.07) is 19.0. The van der Waals surface area contributed by atoms with Gasteiger partial charge in [-0.2, -0.15) is 0 Å². The molecule has 0 bridgehead atoms. The molecule has 10 N–H and O–H groups in total. The van der Waals surface area contributed by atoms with Crippen molar-refractivity contribution in [1.82, 2.24) is 30.8 Å². The Balaban J connectivity index is 0.782. The number of hydrogen-bond donors (Lipinski definition) is 9. The number of primary amides is 1. The topological polar surface area (TPSA) is 341 Å². The van der Waals surface area contributed by atoms with Crippen LogP contribution in [0.2, 0.25) is 5.02 Å². The second-order valence-corrected chi connectivity index (χ2v) is 27.1. The van der Waals surface area contributed by atoms with Gasteiger partial charge in [-0.25, -0.2) is 4.98 Å². The minimum atomic E-state index is -5.07. The van der Waals surface area contributed by atoms with Gasteiger partial charge in [-0.1, -0.05) is 93.4 Å². The number of nitrogens with two attached hydrogens (primary N) is 1. The number of thiazole rings is 1. The van der Waals surface area contributed by atoms with E-state index in [2.05, 4.69) is 31.2 Å². The summed E-state index contributed by atoms with van der Waals surface area (Å²) in [5, 5.41) is 22.8. The van der Waals surface area contributed by atoms with Crippen LogP contribution in [0.5, 0.6) is 0 Å². The molecule has 0 radical (unpaired) electrons. The van der Waals surface area contributed by atoms with Crippen molar-refractivity contribution in [2.45, 2.75) is 148 Å². The SMILES string of the molecule is Cc1ncsc1-c1ccc([C@H](C)NC(=O)[C@@H]2C[C@@H](O)CN2C(=O)[C@@H](NC(=O)CCCCCc2cccc(NC(=O)[C@H](CCC(N)=O)NC(=O)[C@@H]3Cc4cccc5c4N3C(=O)[C@@H](CC(=O)c3cc4cc(C(=O)P(=O)(O)O)ccc4[nH]3)CC5)c2Cl)C(C)(C)C)cc1. The molecule has 0 spiro atoms. The summed E-state index contributed by atoms with van der Waals surface area (Å²) in [6.45, 7) is 9.21. The first-order valence-electron chi connectivity index (χ1n) is 29.6. The number of para-hydroxylation sites is 1. The molecule has 2 aromatic heterocycles. The van der Waals surface area contributed by atoms with Crippen LogP contribution in [-0.2, 0) is 57.4 Å². The Hall–Kier alpha value is -7.92. The van der Waals surface area contributed by atoms with Crippen molar-refractivity contribution in [2.75, 3.05) is 16.8 Å². The lowest BCUT2D eigenvalue weighted by molar-refractivity contribution is -0.144. The quantitative estimate of drug-likeness (QED) is 0.0161. The number of carbonyl (C=O) groups excluding carboxylic acids is 9. The molecular weight excluding hydrogens is 1200 g/mol. The van der Waals surface area contributed by atoms with Crippen LogP contribution in [-0.4, -0.2) is 119 Å². The Morgan fingerprint density at radius 2 is 1.61 bits per heavy atom. The number of anilines is 2. The summed E-state index contributed by atoms with van der Waals surface area (Å²) >= 11 is 8.46. The number of aliphatic hydroxyl groups is 1. The first-order valence-corrected chi connectivity index (χ1v) is 32.5. The van der Waals surface area contributed by atoms with Gasteiger partial charge in [0, 0.05) is 61.0 Å². The van der Waals surface area contributed by atoms with E-state index >= 15 is 0 Å². The molecule has 5 heterocycles. The fraction of sp³-hybridized carbons (Fsp3) is 0.406. The number of benzene rings is 4. The third-order valence-corrected chi connectivity index (χ3v) is 19.0. The average molecular weight is 1270 g/mol. The number of hydrogen-bond acceptors (Lipinski definition) is 13. The van der Waals surface area contributed by atoms with Gasteiger partial charge in [-0.15, -0.1) is 11.3 Å². The molecule has 7 atom stereocenters. The number of fused-ring (bicyclic) bond motifs is 1. The number of aromatic nitrogens is 2. The van der Waals surface area contributed by atoms with Crippen molar-refractivity contribution >= 4 is 105 Å². The van der Waals surface area contributed by atoms with Crippen molar-refractivity contribution in [3.05, 3.63) is 135 Å². The van der Waals surface area contributed by atoms with E-state index < -0.39 is 102 Å². The summed E-state index contributed by atoms with van der Waals surface area (Å²) in [6.07, 6.45) is 1.35. The molecule has 0 aliphatic carbocycles. The molecule has 1 fully saturated rings. The predicted molar refractivity (Wildman–Crippen MR) is 336 cm³/mol. The fourth-order valence-electron chi connectivity index (χ4n) is 11.9. The van der Waals surface area contributed by atoms with Gasteiger partial charge in [0.25, 0.3) is 5.52 Å². The molecule has 89 heavy (non-hydrogen) atoms. The molecule has 9 rings (SSSR count). The van der Waals surface area contributed by atoms with Crippen LogP contribution in [0.4, 0.5) is 11.4 Å². The van der Waals surface area contributed by atoms with Gasteiger partial charge in [0.2, 0.25) is 41.4 Å². The van der Waals surface area contributed by atoms with E-state index in [0.29, 0.717) is 54.3 Å². The van der Waals surface area contributed by atoms with Crippen molar-refractivity contribution in [3.8, 4) is 10.4 Å². The number of nitrogens with zero attached hydrogens (tertiary/aromatic N) is 3. The Bertz CT molecular complexity index is 3800. The summed E-state index contributed by atoms with van der Waals surface area (Å²) in [5.74, 6) is -5.16. The zero-order valence-electron chi connectivity index (χ0n) is 50.0. The number of nitrogens with one attached hydrogen (secondary N) is 5. The van der Waals surface area contributed by atoms with Gasteiger partial charge >= 0.3 is 7.60 Å². The zero-order chi connectivity index (χ0) is 64.2. The highest BCUT2D eigenvalue weighted by Gasteiger charge is 2.47. The molecule has 4 aromatic carbocycles. The number of rotatable bonds is 24. The predicted octanol–water partition coefficient (Wildman–Crippen LogP) is 7.53. The van der Waals surface area contributed by atoms with Gasteiger partial charge < -0.3 is 51.8 Å². The Morgan fingerprint density at radius 3 is 2.30 bits per heavy atom. The lowest BCUT2D eigenvalue weighted by atomic mass is 9.85. The maximum absolute atomic E-state index is 14.6. The summed E-state index contributed by atoms with van der Waals surface area (Å²) in [7, 11) is -5.07. The number of Topliss-reactive ketones (excluding diaryl/α,β-unsaturated/α-hetero) is 1. The molecule has 470 valence electrons. The van der Waals surface area contributed by atoms with Crippen LogP contribution >= 0.6 is 30.5 Å². The minimum Gasteiger partial charge on any atom is -0.391 e. The summed E-state index contributed by atoms with van der Waals surface area (Å²) in [4.78, 5) is 153. The first kappa shape index (κ1) is 65.5. The van der Waals surface area contributed by atoms with Gasteiger partial charge in [0.15, 0.2) is 5.78 Å². The van der Waals surface area contributed by atoms with Crippen molar-refractivity contribution < 1.29 is 62.6 Å². The molecule has 0 saturated carbocycles. The number of likely N-dealkylation sites (tertiary alicyclic amines) is 1. The van der Waals surface area contributed by atoms with Crippen molar-refractivity contribution in [2.24, 2.45) is 17.1 Å². The molecule has 22 nitrogen and oxygen atoms in total. The van der Waals surface area contributed by atoms with E-state index in [1.54, 1.807) is 41.1 Å². The number of amides is 7. The Labute approximate surface area is 523 Å². The van der Waals surface area contributed by atoms with E-state index in [-0.39, 0.29) is 79.4 Å². The van der Waals surface area contributed by atoms with Crippen LogP contribution in [0.3, 0.4) is 0 Å². The number of aryl methyl sites for hydroxylation is 3. The number of β-amino-alcohol motifs (C(OH)–C–C–N with tert-alkyl or cyclic N) is 1. The van der Waals surface area contributed by atoms with Crippen LogP contribution < -0.4 is 31.9 Å². The van der Waals surface area contributed by atoms with Crippen molar-refractivity contribution in [1.29, 1.82) is 0 Å². The molecule has 0 unspecified atom stereocenters. The number of aromatic amines is 1. The Morgan fingerprint density at radius 1 is 0.888 bits per heavy atom. The highest BCUT2D eigenvalue weighted by atomic mass is 35.5. The molecule has 25 heteroatoms. The molecular formula is C64H73ClN9O13PS. The molecule has 3 aliphatic rings. The number of aliphatic hydroxyl groups excluding tert-OH is 1. The number of unbranched alkanes of at least 4 members (excludes halogenated alkanes) is 2. The third-order valence-electron chi connectivity index (χ3n) is 16.7. The van der Waals surface area contributed by atoms with E-state index in [1.807, 2.05) is 71.0 Å². The van der Waals surface area contributed by atoms with Crippen LogP contribution in [0.15, 0.2) is 90.4 Å². The maximum atomic E-state index is 14.6. The highest BCUT2D eigenvalue weighted by Crippen LogP contribution is 2.43. The van der Waals surface area contributed by atoms with Gasteiger partial charge in [-0.3, -0.25) is 52.6 Å². The summed E-state index contributed by atoms with van der Waals surface area (Å²) < 4.78 is 11.6. The Kier molecular flexibility index (Phi) is 20.2. The van der Waals surface area contributed by atoms with Crippen LogP contribution in [0.1, 0.15) is 140 Å². The monoisotopic (exact) mass is 1270 g/mol. The number of halogens is 1. The molecule has 3 aliphatic heterocycles. The largest absolute Gasteiger partial charge is 0.396 e. The number of carbonyl (C=O) groups is 9.